The lowest BCUT2D eigenvalue weighted by Crippen LogP contribution is -2.04. The number of anilines is 1. The van der Waals surface area contributed by atoms with Gasteiger partial charge in [0.15, 0.2) is 0 Å². The summed E-state index contributed by atoms with van der Waals surface area (Å²) in [5, 5.41) is 0.698. The molecule has 0 radical (unpaired) electrons. The van der Waals surface area contributed by atoms with E-state index in [-0.39, 0.29) is 0 Å². The first-order valence-corrected chi connectivity index (χ1v) is 6.06. The molecule has 0 unspecified atom stereocenters. The van der Waals surface area contributed by atoms with Crippen molar-refractivity contribution in [2.75, 3.05) is 5.73 Å². The molecule has 82 valence electrons. The highest BCUT2D eigenvalue weighted by atomic mass is 35.5. The van der Waals surface area contributed by atoms with Crippen molar-refractivity contribution in [3.63, 3.8) is 0 Å². The van der Waals surface area contributed by atoms with Crippen LogP contribution in [0.1, 0.15) is 50.0 Å². The molecule has 2 rings (SSSR count). The third kappa shape index (κ3) is 2.63. The van der Waals surface area contributed by atoms with Crippen LogP contribution in [-0.2, 0) is 0 Å². The first-order valence-electron chi connectivity index (χ1n) is 5.68. The molecule has 0 amide bonds. The Morgan fingerprint density at radius 1 is 1.20 bits per heavy atom. The van der Waals surface area contributed by atoms with Crippen molar-refractivity contribution in [2.24, 2.45) is 0 Å². The van der Waals surface area contributed by atoms with Crippen LogP contribution in [-0.4, -0.2) is 4.98 Å². The van der Waals surface area contributed by atoms with Crippen LogP contribution in [0.4, 0.5) is 5.82 Å². The van der Waals surface area contributed by atoms with Crippen LogP contribution < -0.4 is 5.73 Å². The average molecular weight is 225 g/mol. The van der Waals surface area contributed by atoms with Gasteiger partial charge in [-0.2, -0.15) is 0 Å². The molecule has 0 atom stereocenters. The summed E-state index contributed by atoms with van der Waals surface area (Å²) < 4.78 is 0. The molecule has 1 aliphatic carbocycles. The van der Waals surface area contributed by atoms with E-state index in [1.807, 2.05) is 6.07 Å². The van der Waals surface area contributed by atoms with Crippen molar-refractivity contribution in [1.82, 2.24) is 4.98 Å². The molecule has 0 bridgehead atoms. The van der Waals surface area contributed by atoms with Gasteiger partial charge in [-0.15, -0.1) is 0 Å². The van der Waals surface area contributed by atoms with Crippen molar-refractivity contribution >= 4 is 17.4 Å². The van der Waals surface area contributed by atoms with Crippen LogP contribution in [0.2, 0.25) is 5.02 Å². The monoisotopic (exact) mass is 224 g/mol. The van der Waals surface area contributed by atoms with Gasteiger partial charge in [0.1, 0.15) is 5.82 Å². The molecule has 1 aromatic rings. The van der Waals surface area contributed by atoms with Gasteiger partial charge >= 0.3 is 0 Å². The van der Waals surface area contributed by atoms with E-state index in [0.29, 0.717) is 16.8 Å². The normalized spacial score (nSPS) is 18.7. The first-order chi connectivity index (χ1) is 7.27. The Labute approximate surface area is 95.8 Å². The highest BCUT2D eigenvalue weighted by Gasteiger charge is 2.17. The fourth-order valence-corrected chi connectivity index (χ4v) is 2.55. The summed E-state index contributed by atoms with van der Waals surface area (Å²) in [7, 11) is 0. The zero-order chi connectivity index (χ0) is 10.7. The van der Waals surface area contributed by atoms with Crippen molar-refractivity contribution in [3.8, 4) is 0 Å². The summed E-state index contributed by atoms with van der Waals surface area (Å²) >= 11 is 5.96. The summed E-state index contributed by atoms with van der Waals surface area (Å²) in [6.07, 6.45) is 9.39. The molecule has 1 saturated carbocycles. The van der Waals surface area contributed by atoms with E-state index in [2.05, 4.69) is 4.98 Å². The van der Waals surface area contributed by atoms with Gasteiger partial charge in [-0.1, -0.05) is 37.3 Å². The van der Waals surface area contributed by atoms with Crippen LogP contribution in [0.3, 0.4) is 0 Å². The number of nitrogen functional groups attached to an aromatic ring is 1. The van der Waals surface area contributed by atoms with Gasteiger partial charge in [0, 0.05) is 6.20 Å². The third-order valence-corrected chi connectivity index (χ3v) is 3.42. The lowest BCUT2D eigenvalue weighted by atomic mass is 9.92. The number of rotatable bonds is 1. The zero-order valence-corrected chi connectivity index (χ0v) is 9.63. The summed E-state index contributed by atoms with van der Waals surface area (Å²) in [6.45, 7) is 0. The molecule has 0 saturated heterocycles. The van der Waals surface area contributed by atoms with E-state index in [1.165, 1.54) is 38.5 Å². The molecule has 1 heterocycles. The lowest BCUT2D eigenvalue weighted by molar-refractivity contribution is 0.592. The fraction of sp³-hybridized carbons (Fsp3) is 0.583. The minimum absolute atomic E-state index is 0.568. The molecule has 3 heteroatoms. The quantitative estimate of drug-likeness (QED) is 0.738. The Morgan fingerprint density at radius 2 is 1.87 bits per heavy atom. The highest BCUT2D eigenvalue weighted by Crippen LogP contribution is 2.34. The number of nitrogens with two attached hydrogens (primary N) is 1. The summed E-state index contributed by atoms with van der Waals surface area (Å²) in [6, 6.07) is 1.99. The summed E-state index contributed by atoms with van der Waals surface area (Å²) in [5.74, 6) is 1.23. The van der Waals surface area contributed by atoms with Crippen molar-refractivity contribution < 1.29 is 0 Å². The van der Waals surface area contributed by atoms with Crippen LogP contribution >= 0.6 is 11.6 Å². The molecular weight excluding hydrogens is 208 g/mol. The largest absolute Gasteiger partial charge is 0.383 e. The van der Waals surface area contributed by atoms with E-state index in [1.54, 1.807) is 6.20 Å². The maximum Gasteiger partial charge on any atom is 0.126 e. The van der Waals surface area contributed by atoms with Crippen molar-refractivity contribution in [1.29, 1.82) is 0 Å². The molecule has 15 heavy (non-hydrogen) atoms. The molecule has 2 N–H and O–H groups in total. The fourth-order valence-electron chi connectivity index (χ4n) is 2.38. The van der Waals surface area contributed by atoms with E-state index in [0.717, 1.165) is 5.56 Å². The Morgan fingerprint density at radius 3 is 2.53 bits per heavy atom. The zero-order valence-electron chi connectivity index (χ0n) is 8.88. The van der Waals surface area contributed by atoms with Gasteiger partial charge in [-0.05, 0) is 30.4 Å². The maximum atomic E-state index is 5.96. The van der Waals surface area contributed by atoms with Gasteiger partial charge in [-0.3, -0.25) is 0 Å². The Balaban J connectivity index is 2.22. The van der Waals surface area contributed by atoms with E-state index in [4.69, 9.17) is 17.3 Å². The smallest absolute Gasteiger partial charge is 0.126 e. The number of nitrogens with zero attached hydrogens (tertiary/aromatic N) is 1. The first kappa shape index (κ1) is 10.7. The predicted molar refractivity (Wildman–Crippen MR) is 64.1 cm³/mol. The van der Waals surface area contributed by atoms with Crippen molar-refractivity contribution in [3.05, 3.63) is 22.8 Å². The Bertz CT molecular complexity index is 330. The number of hydrogen-bond donors (Lipinski definition) is 1. The molecule has 0 aliphatic heterocycles. The molecular formula is C12H17ClN2. The van der Waals surface area contributed by atoms with Crippen LogP contribution in [0.15, 0.2) is 12.3 Å². The van der Waals surface area contributed by atoms with E-state index < -0.39 is 0 Å². The third-order valence-electron chi connectivity index (χ3n) is 3.21. The Hall–Kier alpha value is -0.760. The standard InChI is InChI=1S/C12H17ClN2/c13-10-7-11(12(14)15-8-10)9-5-3-1-2-4-6-9/h7-9H,1-6H2,(H2,14,15). The van der Waals surface area contributed by atoms with Gasteiger partial charge in [0.2, 0.25) is 0 Å². The average Bonchev–Trinajstić information content (AvgIpc) is 2.50. The number of hydrogen-bond acceptors (Lipinski definition) is 2. The number of aromatic nitrogens is 1. The number of halogens is 1. The summed E-state index contributed by atoms with van der Waals surface area (Å²) in [5.41, 5.74) is 7.06. The molecule has 2 nitrogen and oxygen atoms in total. The molecule has 1 fully saturated rings. The molecule has 1 aliphatic rings. The minimum Gasteiger partial charge on any atom is -0.383 e. The molecule has 1 aromatic heterocycles. The topological polar surface area (TPSA) is 38.9 Å². The Kier molecular flexibility index (Phi) is 3.47. The predicted octanol–water partition coefficient (Wildman–Crippen LogP) is 3.76. The second kappa shape index (κ2) is 4.84. The summed E-state index contributed by atoms with van der Waals surface area (Å²) in [4.78, 5) is 4.13. The molecule has 0 spiro atoms. The van der Waals surface area contributed by atoms with Gasteiger partial charge in [-0.25, -0.2) is 4.98 Å². The second-order valence-electron chi connectivity index (χ2n) is 4.32. The van der Waals surface area contributed by atoms with E-state index in [9.17, 15) is 0 Å². The van der Waals surface area contributed by atoms with Crippen LogP contribution in [0.5, 0.6) is 0 Å². The van der Waals surface area contributed by atoms with Crippen molar-refractivity contribution in [2.45, 2.75) is 44.4 Å². The highest BCUT2D eigenvalue weighted by molar-refractivity contribution is 6.30. The van der Waals surface area contributed by atoms with Gasteiger partial charge in [0.25, 0.3) is 0 Å². The lowest BCUT2D eigenvalue weighted by Gasteiger charge is -2.16. The number of pyridine rings is 1. The van der Waals surface area contributed by atoms with Gasteiger partial charge < -0.3 is 5.73 Å². The van der Waals surface area contributed by atoms with E-state index >= 15 is 0 Å². The van der Waals surface area contributed by atoms with Crippen LogP contribution in [0.25, 0.3) is 0 Å². The minimum atomic E-state index is 0.568. The second-order valence-corrected chi connectivity index (χ2v) is 4.75. The van der Waals surface area contributed by atoms with Crippen LogP contribution in [0, 0.1) is 0 Å². The van der Waals surface area contributed by atoms with Gasteiger partial charge in [0.05, 0.1) is 5.02 Å². The molecule has 0 aromatic carbocycles. The maximum absolute atomic E-state index is 5.96. The SMILES string of the molecule is Nc1ncc(Cl)cc1C1CCCCCC1.